The van der Waals surface area contributed by atoms with Crippen LogP contribution in [0.5, 0.6) is 0 Å². The third-order valence-corrected chi connectivity index (χ3v) is 3.77. The van der Waals surface area contributed by atoms with E-state index in [-0.39, 0.29) is 11.1 Å². The van der Waals surface area contributed by atoms with Gasteiger partial charge in [-0.1, -0.05) is 70.9 Å². The maximum atomic E-state index is 13.0. The Morgan fingerprint density at radius 1 is 0.615 bits per heavy atom. The highest BCUT2D eigenvalue weighted by Crippen LogP contribution is 2.37. The predicted molar refractivity (Wildman–Crippen MR) is 95.0 cm³/mol. The van der Waals surface area contributed by atoms with Crippen molar-refractivity contribution in [2.45, 2.75) is 0 Å². The maximum Gasteiger partial charge on any atom is 0.197 e. The van der Waals surface area contributed by atoms with Crippen molar-refractivity contribution in [3.8, 4) is 0 Å². The molecule has 0 saturated carbocycles. The van der Waals surface area contributed by atoms with Crippen molar-refractivity contribution < 1.29 is 9.59 Å². The molecule has 0 aromatic heterocycles. The average Bonchev–Trinajstić information content (AvgIpc) is 2.68. The molecule has 0 N–H and O–H groups in total. The molecule has 8 nitrogen and oxygen atoms in total. The van der Waals surface area contributed by atoms with Crippen LogP contribution in [-0.4, -0.2) is 11.6 Å². The molecule has 0 spiro atoms. The fraction of sp³-hybridized carbons (Fsp3) is 0. The number of hydrogen-bond donors (Lipinski definition) is 0. The Kier molecular flexibility index (Phi) is 4.63. The number of allylic oxidation sites excluding steroid dienone is 2. The summed E-state index contributed by atoms with van der Waals surface area (Å²) >= 11 is 0. The van der Waals surface area contributed by atoms with E-state index in [1.165, 1.54) is 0 Å². The van der Waals surface area contributed by atoms with Crippen LogP contribution < -0.4 is 0 Å². The van der Waals surface area contributed by atoms with Gasteiger partial charge in [0.15, 0.2) is 11.6 Å². The molecule has 3 rings (SSSR count). The Bertz CT molecular complexity index is 972. The third-order valence-electron chi connectivity index (χ3n) is 3.77. The van der Waals surface area contributed by atoms with Gasteiger partial charge in [-0.15, -0.1) is 0 Å². The van der Waals surface area contributed by atoms with Gasteiger partial charge in [-0.25, -0.2) is 0 Å². The highest BCUT2D eigenvalue weighted by Gasteiger charge is 2.35. The van der Waals surface area contributed by atoms with Gasteiger partial charge in [-0.3, -0.25) is 9.59 Å². The Balaban J connectivity index is 2.38. The van der Waals surface area contributed by atoms with Gasteiger partial charge in [0.1, 0.15) is 0 Å². The second-order valence-corrected chi connectivity index (χ2v) is 5.22. The monoisotopic (exact) mass is 342 g/mol. The van der Waals surface area contributed by atoms with Crippen LogP contribution in [0.2, 0.25) is 0 Å². The summed E-state index contributed by atoms with van der Waals surface area (Å²) in [5, 5.41) is 6.62. The van der Waals surface area contributed by atoms with Gasteiger partial charge in [0.05, 0.1) is 11.4 Å². The van der Waals surface area contributed by atoms with Crippen LogP contribution in [0.15, 0.2) is 82.3 Å². The zero-order valence-corrected chi connectivity index (χ0v) is 13.3. The second kappa shape index (κ2) is 7.19. The summed E-state index contributed by atoms with van der Waals surface area (Å²) < 4.78 is 0. The van der Waals surface area contributed by atoms with E-state index in [0.717, 1.165) is 0 Å². The standard InChI is InChI=1S/C18H10N6O2/c19-23-21-15-16(22-24-20)18(26)14(12-9-5-2-6-10-12)13(17(15)25)11-7-3-1-4-8-11/h1-10H. The first-order valence-electron chi connectivity index (χ1n) is 7.48. The number of benzene rings is 2. The number of ketones is 2. The lowest BCUT2D eigenvalue weighted by atomic mass is 9.83. The zero-order chi connectivity index (χ0) is 18.5. The minimum absolute atomic E-state index is 0.0982. The summed E-state index contributed by atoms with van der Waals surface area (Å²) in [5.41, 5.74) is 17.7. The molecule has 0 bridgehead atoms. The minimum atomic E-state index is -0.671. The SMILES string of the molecule is [N-]=[N+]=NC1=C(N=[N+]=[N-])C(=O)C(c2ccccc2)=C(c2ccccc2)C1=O. The van der Waals surface area contributed by atoms with Crippen molar-refractivity contribution in [2.75, 3.05) is 0 Å². The molecule has 0 heterocycles. The predicted octanol–water partition coefficient (Wildman–Crippen LogP) is 4.58. The first-order chi connectivity index (χ1) is 12.7. The molecular weight excluding hydrogens is 332 g/mol. The molecule has 8 heteroatoms. The van der Waals surface area contributed by atoms with E-state index in [9.17, 15) is 9.59 Å². The normalized spacial score (nSPS) is 14.0. The van der Waals surface area contributed by atoms with Crippen molar-refractivity contribution in [2.24, 2.45) is 10.2 Å². The van der Waals surface area contributed by atoms with Gasteiger partial charge in [0, 0.05) is 21.0 Å². The van der Waals surface area contributed by atoms with Crippen LogP contribution in [0.1, 0.15) is 11.1 Å². The molecule has 2 aromatic carbocycles. The highest BCUT2D eigenvalue weighted by atomic mass is 16.1. The molecule has 1 aliphatic rings. The molecule has 0 atom stereocenters. The highest BCUT2D eigenvalue weighted by molar-refractivity contribution is 6.50. The van der Waals surface area contributed by atoms with Crippen LogP contribution in [-0.2, 0) is 9.59 Å². The van der Waals surface area contributed by atoms with Crippen molar-refractivity contribution >= 4 is 22.7 Å². The van der Waals surface area contributed by atoms with Crippen molar-refractivity contribution in [3.05, 3.63) is 104 Å². The Morgan fingerprint density at radius 2 is 0.962 bits per heavy atom. The summed E-state index contributed by atoms with van der Waals surface area (Å²) in [7, 11) is 0. The summed E-state index contributed by atoms with van der Waals surface area (Å²) in [4.78, 5) is 31.2. The fourth-order valence-corrected chi connectivity index (χ4v) is 2.71. The fourth-order valence-electron chi connectivity index (χ4n) is 2.71. The first-order valence-corrected chi connectivity index (χ1v) is 7.48. The van der Waals surface area contributed by atoms with E-state index >= 15 is 0 Å². The third kappa shape index (κ3) is 2.85. The van der Waals surface area contributed by atoms with E-state index in [2.05, 4.69) is 20.1 Å². The molecule has 0 radical (unpaired) electrons. The van der Waals surface area contributed by atoms with Crippen LogP contribution in [0.4, 0.5) is 0 Å². The van der Waals surface area contributed by atoms with Crippen LogP contribution in [0.25, 0.3) is 32.0 Å². The smallest absolute Gasteiger partial charge is 0.197 e. The second-order valence-electron chi connectivity index (χ2n) is 5.22. The minimum Gasteiger partial charge on any atom is -0.289 e. The number of rotatable bonds is 4. The van der Waals surface area contributed by atoms with Crippen molar-refractivity contribution in [3.63, 3.8) is 0 Å². The van der Waals surface area contributed by atoms with Crippen molar-refractivity contribution in [1.82, 2.24) is 0 Å². The van der Waals surface area contributed by atoms with Gasteiger partial charge < -0.3 is 0 Å². The lowest BCUT2D eigenvalue weighted by Gasteiger charge is -2.20. The number of azide groups is 2. The van der Waals surface area contributed by atoms with E-state index in [1.807, 2.05) is 0 Å². The molecule has 2 aromatic rings. The number of carbonyl (C=O) groups is 2. The Labute approximate surface area is 147 Å². The molecule has 0 amide bonds. The summed E-state index contributed by atoms with van der Waals surface area (Å²) in [6.45, 7) is 0. The van der Waals surface area contributed by atoms with E-state index in [0.29, 0.717) is 11.1 Å². The number of nitrogens with zero attached hydrogens (tertiary/aromatic N) is 6. The van der Waals surface area contributed by atoms with Gasteiger partial charge in [-0.05, 0) is 22.2 Å². The molecule has 0 unspecified atom stereocenters. The maximum absolute atomic E-state index is 13.0. The number of carbonyl (C=O) groups excluding carboxylic acids is 2. The van der Waals surface area contributed by atoms with Crippen LogP contribution >= 0.6 is 0 Å². The molecule has 26 heavy (non-hydrogen) atoms. The Hall–Kier alpha value is -4.12. The molecular formula is C18H10N6O2. The molecule has 0 fully saturated rings. The van der Waals surface area contributed by atoms with Crippen LogP contribution in [0, 0.1) is 0 Å². The van der Waals surface area contributed by atoms with Crippen LogP contribution in [0.3, 0.4) is 0 Å². The quantitative estimate of drug-likeness (QED) is 0.348. The topological polar surface area (TPSA) is 132 Å². The first kappa shape index (κ1) is 16.7. The number of Topliss-reactive ketones (excluding diaryl/α,β-unsaturated/α-hetero) is 2. The molecule has 124 valence electrons. The average molecular weight is 342 g/mol. The lowest BCUT2D eigenvalue weighted by molar-refractivity contribution is -0.114. The van der Waals surface area contributed by atoms with E-state index in [1.54, 1.807) is 60.7 Å². The zero-order valence-electron chi connectivity index (χ0n) is 13.3. The van der Waals surface area contributed by atoms with Crippen molar-refractivity contribution in [1.29, 1.82) is 0 Å². The van der Waals surface area contributed by atoms with E-state index < -0.39 is 23.0 Å². The largest absolute Gasteiger partial charge is 0.289 e. The van der Waals surface area contributed by atoms with Gasteiger partial charge in [0.25, 0.3) is 0 Å². The number of hydrogen-bond acceptors (Lipinski definition) is 4. The summed E-state index contributed by atoms with van der Waals surface area (Å²) in [5.74, 6) is -1.34. The molecule has 1 aliphatic carbocycles. The Morgan fingerprint density at radius 3 is 1.27 bits per heavy atom. The van der Waals surface area contributed by atoms with Gasteiger partial charge >= 0.3 is 0 Å². The molecule has 0 saturated heterocycles. The molecule has 0 aliphatic heterocycles. The summed E-state index contributed by atoms with van der Waals surface area (Å²) in [6, 6.07) is 17.2. The van der Waals surface area contributed by atoms with E-state index in [4.69, 9.17) is 11.1 Å². The van der Waals surface area contributed by atoms with Gasteiger partial charge in [0.2, 0.25) is 0 Å². The summed E-state index contributed by atoms with van der Waals surface area (Å²) in [6.07, 6.45) is 0. The van der Waals surface area contributed by atoms with Gasteiger partial charge in [-0.2, -0.15) is 0 Å². The lowest BCUT2D eigenvalue weighted by Crippen LogP contribution is -2.21.